The van der Waals surface area contributed by atoms with Gasteiger partial charge in [-0.05, 0) is 32.1 Å². The molecule has 0 spiro atoms. The first kappa shape index (κ1) is 23.1. The Kier molecular flexibility index (Phi) is 11.3. The van der Waals surface area contributed by atoms with Gasteiger partial charge in [-0.25, -0.2) is 0 Å². The third kappa shape index (κ3) is 9.50. The van der Waals surface area contributed by atoms with Crippen LogP contribution in [0.5, 0.6) is 0 Å². The molecule has 1 saturated carbocycles. The van der Waals surface area contributed by atoms with Crippen LogP contribution in [-0.4, -0.2) is 39.3 Å². The predicted octanol–water partition coefficient (Wildman–Crippen LogP) is 3.58. The van der Waals surface area contributed by atoms with Crippen LogP contribution in [0.4, 0.5) is 0 Å². The second-order valence-corrected chi connectivity index (χ2v) is 6.84. The zero-order valence-electron chi connectivity index (χ0n) is 16.0. The topological polar surface area (TPSA) is 94.8 Å². The van der Waals surface area contributed by atoms with Gasteiger partial charge in [0.2, 0.25) is 0 Å². The second kappa shape index (κ2) is 13.2. The van der Waals surface area contributed by atoms with Crippen molar-refractivity contribution < 1.29 is 24.9 Å². The third-order valence-electron chi connectivity index (χ3n) is 4.60. The van der Waals surface area contributed by atoms with Crippen molar-refractivity contribution in [3.05, 3.63) is 48.6 Å². The number of allylic oxidation sites excluding steroid dienone is 6. The van der Waals surface area contributed by atoms with E-state index in [0.29, 0.717) is 25.7 Å². The molecule has 0 aromatic rings. The first-order valence-electron chi connectivity index (χ1n) is 9.69. The van der Waals surface area contributed by atoms with Gasteiger partial charge >= 0.3 is 5.97 Å². The number of carbonyl (C=O) groups excluding carboxylic acids is 1. The summed E-state index contributed by atoms with van der Waals surface area (Å²) < 4.78 is 0. The normalized spacial score (nSPS) is 24.9. The molecular formula is C22H32O5. The summed E-state index contributed by atoms with van der Waals surface area (Å²) in [5.74, 6) is -1.22. The molecule has 0 bridgehead atoms. The standard InChI is InChI=1S/C22H32O5/c1-2-3-8-12-18-19(21(25)16-20(18)24)15-14-17(23)11-9-6-4-5-7-10-13-22(26)27/h3,5-9,14-15,17-20,23-24H,2,4,10-13,16H2,1H3,(H,26,27)/b7-5-,8-3-,9-6-,15-14+/t17-,18+,19+,20-/m1/s1. The van der Waals surface area contributed by atoms with Crippen molar-refractivity contribution in [1.82, 2.24) is 0 Å². The molecule has 0 aromatic heterocycles. The summed E-state index contributed by atoms with van der Waals surface area (Å²) in [6.45, 7) is 2.04. The molecule has 150 valence electrons. The Bertz CT molecular complexity index is 573. The van der Waals surface area contributed by atoms with Gasteiger partial charge in [0.15, 0.2) is 0 Å². The summed E-state index contributed by atoms with van der Waals surface area (Å²) in [5.41, 5.74) is 0. The van der Waals surface area contributed by atoms with Crippen LogP contribution in [0.2, 0.25) is 0 Å². The molecule has 0 unspecified atom stereocenters. The van der Waals surface area contributed by atoms with Gasteiger partial charge in [0.05, 0.1) is 12.2 Å². The van der Waals surface area contributed by atoms with Gasteiger partial charge in [-0.2, -0.15) is 0 Å². The number of Topliss-reactive ketones (excluding diaryl/α,β-unsaturated/α-hetero) is 1. The summed E-state index contributed by atoms with van der Waals surface area (Å²) in [7, 11) is 0. The van der Waals surface area contributed by atoms with Crippen molar-refractivity contribution >= 4 is 11.8 Å². The van der Waals surface area contributed by atoms with Crippen molar-refractivity contribution in [2.75, 3.05) is 0 Å². The Hall–Kier alpha value is -1.98. The number of hydrogen-bond donors (Lipinski definition) is 3. The summed E-state index contributed by atoms with van der Waals surface area (Å²) in [4.78, 5) is 22.5. The number of aliphatic hydroxyl groups is 2. The lowest BCUT2D eigenvalue weighted by atomic mass is 9.90. The van der Waals surface area contributed by atoms with Crippen molar-refractivity contribution in [1.29, 1.82) is 0 Å². The summed E-state index contributed by atoms with van der Waals surface area (Å²) >= 11 is 0. The van der Waals surface area contributed by atoms with Crippen LogP contribution >= 0.6 is 0 Å². The molecule has 1 fully saturated rings. The van der Waals surface area contributed by atoms with Crippen molar-refractivity contribution in [2.45, 2.75) is 64.1 Å². The maximum Gasteiger partial charge on any atom is 0.303 e. The molecule has 4 atom stereocenters. The molecule has 1 rings (SSSR count). The predicted molar refractivity (Wildman–Crippen MR) is 106 cm³/mol. The summed E-state index contributed by atoms with van der Waals surface area (Å²) in [6, 6.07) is 0. The fourth-order valence-corrected chi connectivity index (χ4v) is 3.10. The van der Waals surface area contributed by atoms with Gasteiger partial charge in [-0.1, -0.05) is 55.5 Å². The molecule has 3 N–H and O–H groups in total. The number of hydrogen-bond acceptors (Lipinski definition) is 4. The maximum atomic E-state index is 12.1. The van der Waals surface area contributed by atoms with E-state index in [-0.39, 0.29) is 30.5 Å². The monoisotopic (exact) mass is 376 g/mol. The zero-order valence-corrected chi connectivity index (χ0v) is 16.0. The minimum atomic E-state index is -0.804. The van der Waals surface area contributed by atoms with E-state index in [1.165, 1.54) is 0 Å². The van der Waals surface area contributed by atoms with Gasteiger partial charge in [-0.15, -0.1) is 0 Å². The van der Waals surface area contributed by atoms with Crippen LogP contribution in [-0.2, 0) is 9.59 Å². The number of rotatable bonds is 12. The highest BCUT2D eigenvalue weighted by Crippen LogP contribution is 2.33. The summed E-state index contributed by atoms with van der Waals surface area (Å²) in [5, 5.41) is 28.7. The van der Waals surface area contributed by atoms with E-state index in [1.807, 2.05) is 43.4 Å². The molecule has 0 aliphatic heterocycles. The number of carboxylic acids is 1. The number of aliphatic carboxylic acids is 1. The molecule has 1 aliphatic carbocycles. The molecular weight excluding hydrogens is 344 g/mol. The highest BCUT2D eigenvalue weighted by Gasteiger charge is 2.39. The average Bonchev–Trinajstić information content (AvgIpc) is 2.88. The van der Waals surface area contributed by atoms with E-state index < -0.39 is 18.2 Å². The van der Waals surface area contributed by atoms with Crippen molar-refractivity contribution in [3.8, 4) is 0 Å². The molecule has 0 radical (unpaired) electrons. The average molecular weight is 376 g/mol. The second-order valence-electron chi connectivity index (χ2n) is 6.84. The molecule has 1 aliphatic rings. The largest absolute Gasteiger partial charge is 0.481 e. The van der Waals surface area contributed by atoms with Crippen LogP contribution < -0.4 is 0 Å². The fraction of sp³-hybridized carbons (Fsp3) is 0.545. The van der Waals surface area contributed by atoms with Crippen LogP contribution in [0.25, 0.3) is 0 Å². The zero-order chi connectivity index (χ0) is 20.1. The first-order chi connectivity index (χ1) is 13.0. The van der Waals surface area contributed by atoms with Gasteiger partial charge in [0.25, 0.3) is 0 Å². The Labute approximate surface area is 161 Å². The van der Waals surface area contributed by atoms with Crippen LogP contribution in [0.15, 0.2) is 48.6 Å². The Balaban J connectivity index is 2.40. The first-order valence-corrected chi connectivity index (χ1v) is 9.69. The number of carbonyl (C=O) groups is 2. The maximum absolute atomic E-state index is 12.1. The Morgan fingerprint density at radius 3 is 2.63 bits per heavy atom. The number of aliphatic hydroxyl groups excluding tert-OH is 2. The van der Waals surface area contributed by atoms with Crippen LogP contribution in [0.3, 0.4) is 0 Å². The molecule has 0 heterocycles. The van der Waals surface area contributed by atoms with Crippen molar-refractivity contribution in [2.24, 2.45) is 11.8 Å². The fourth-order valence-electron chi connectivity index (χ4n) is 3.10. The number of carboxylic acid groups (broad SMARTS) is 1. The third-order valence-corrected chi connectivity index (χ3v) is 4.60. The Morgan fingerprint density at radius 2 is 1.93 bits per heavy atom. The minimum absolute atomic E-state index is 0.0305. The van der Waals surface area contributed by atoms with Gasteiger partial charge in [0.1, 0.15) is 5.78 Å². The van der Waals surface area contributed by atoms with E-state index in [0.717, 1.165) is 6.42 Å². The van der Waals surface area contributed by atoms with Gasteiger partial charge < -0.3 is 15.3 Å². The molecule has 5 heteroatoms. The molecule has 0 saturated heterocycles. The van der Waals surface area contributed by atoms with Crippen molar-refractivity contribution in [3.63, 3.8) is 0 Å². The molecule has 27 heavy (non-hydrogen) atoms. The summed E-state index contributed by atoms with van der Waals surface area (Å²) in [6.07, 6.45) is 17.2. The van der Waals surface area contributed by atoms with Crippen LogP contribution in [0, 0.1) is 11.8 Å². The lowest BCUT2D eigenvalue weighted by Gasteiger charge is -2.16. The lowest BCUT2D eigenvalue weighted by Crippen LogP contribution is -2.19. The van der Waals surface area contributed by atoms with Gasteiger partial charge in [-0.3, -0.25) is 9.59 Å². The lowest BCUT2D eigenvalue weighted by molar-refractivity contribution is -0.136. The van der Waals surface area contributed by atoms with E-state index >= 15 is 0 Å². The highest BCUT2D eigenvalue weighted by atomic mass is 16.4. The molecule has 0 amide bonds. The van der Waals surface area contributed by atoms with E-state index in [4.69, 9.17) is 5.11 Å². The minimum Gasteiger partial charge on any atom is -0.481 e. The van der Waals surface area contributed by atoms with E-state index in [9.17, 15) is 19.8 Å². The van der Waals surface area contributed by atoms with E-state index in [2.05, 4.69) is 0 Å². The molecule has 5 nitrogen and oxygen atoms in total. The van der Waals surface area contributed by atoms with Gasteiger partial charge in [0, 0.05) is 24.7 Å². The SMILES string of the molecule is CC/C=C\C[C@@H]1[C@H](O)CC(=O)[C@H]1/C=C/[C@H](O)C/C=C\C/C=C\CCC(=O)O. The highest BCUT2D eigenvalue weighted by molar-refractivity contribution is 5.86. The number of ketones is 1. The molecule has 0 aromatic carbocycles. The Morgan fingerprint density at radius 1 is 1.19 bits per heavy atom. The smallest absolute Gasteiger partial charge is 0.303 e. The van der Waals surface area contributed by atoms with Crippen LogP contribution in [0.1, 0.15) is 51.9 Å². The van der Waals surface area contributed by atoms with E-state index in [1.54, 1.807) is 12.2 Å². The quantitative estimate of drug-likeness (QED) is 0.453.